The Labute approximate surface area is 85.8 Å². The number of hydrogen-bond donors (Lipinski definition) is 0. The summed E-state index contributed by atoms with van der Waals surface area (Å²) in [5.41, 5.74) is 0.267. The lowest BCUT2D eigenvalue weighted by molar-refractivity contribution is 0.440. The first-order valence-electron chi connectivity index (χ1n) is 4.17. The molecule has 0 atom stereocenters. The van der Waals surface area contributed by atoms with E-state index in [1.54, 1.807) is 24.1 Å². The van der Waals surface area contributed by atoms with Crippen molar-refractivity contribution in [2.24, 2.45) is 7.05 Å². The van der Waals surface area contributed by atoms with E-state index >= 15 is 0 Å². The van der Waals surface area contributed by atoms with Gasteiger partial charge in [0.25, 0.3) is 0 Å². The first-order chi connectivity index (χ1) is 7.28. The molecule has 0 amide bonds. The molecule has 2 aromatic rings. The Balaban J connectivity index is 2.21. The van der Waals surface area contributed by atoms with Gasteiger partial charge in [0, 0.05) is 13.2 Å². The van der Waals surface area contributed by atoms with Gasteiger partial charge in [-0.1, -0.05) is 0 Å². The van der Waals surface area contributed by atoms with Crippen molar-refractivity contribution in [3.05, 3.63) is 30.4 Å². The summed E-state index contributed by atoms with van der Waals surface area (Å²) >= 11 is 0. The van der Waals surface area contributed by atoms with Crippen molar-refractivity contribution in [1.29, 1.82) is 5.26 Å². The predicted molar refractivity (Wildman–Crippen MR) is 50.0 cm³/mol. The molecule has 74 valence electrons. The van der Waals surface area contributed by atoms with Crippen molar-refractivity contribution in [3.63, 3.8) is 0 Å². The molecular formula is C9H7N5O. The fraction of sp³-hybridized carbons (Fsp3) is 0.111. The van der Waals surface area contributed by atoms with Crippen molar-refractivity contribution in [2.75, 3.05) is 0 Å². The highest BCUT2D eigenvalue weighted by Crippen LogP contribution is 2.15. The van der Waals surface area contributed by atoms with Gasteiger partial charge in [-0.2, -0.15) is 15.3 Å². The van der Waals surface area contributed by atoms with Crippen LogP contribution in [0.2, 0.25) is 0 Å². The molecule has 2 rings (SSSR count). The summed E-state index contributed by atoms with van der Waals surface area (Å²) in [4.78, 5) is 7.73. The Morgan fingerprint density at radius 3 is 3.07 bits per heavy atom. The second-order valence-corrected chi connectivity index (χ2v) is 2.79. The third-order valence-electron chi connectivity index (χ3n) is 1.64. The highest BCUT2D eigenvalue weighted by Gasteiger charge is 2.02. The van der Waals surface area contributed by atoms with Gasteiger partial charge in [-0.05, 0) is 6.07 Å². The fourth-order valence-corrected chi connectivity index (χ4v) is 1.01. The van der Waals surface area contributed by atoms with Crippen molar-refractivity contribution in [3.8, 4) is 17.8 Å². The highest BCUT2D eigenvalue weighted by atomic mass is 16.5. The van der Waals surface area contributed by atoms with E-state index in [0.29, 0.717) is 5.75 Å². The minimum Gasteiger partial charge on any atom is -0.421 e. The van der Waals surface area contributed by atoms with E-state index in [1.165, 1.54) is 12.3 Å². The van der Waals surface area contributed by atoms with Crippen LogP contribution in [0.3, 0.4) is 0 Å². The maximum absolute atomic E-state index is 8.62. The molecule has 0 aromatic carbocycles. The molecule has 6 nitrogen and oxygen atoms in total. The van der Waals surface area contributed by atoms with Crippen LogP contribution in [0.1, 0.15) is 5.69 Å². The average Bonchev–Trinajstić information content (AvgIpc) is 2.64. The Hall–Kier alpha value is -2.42. The maximum Gasteiger partial charge on any atom is 0.323 e. The normalized spacial score (nSPS) is 9.60. The molecule has 0 unspecified atom stereocenters. The van der Waals surface area contributed by atoms with Crippen molar-refractivity contribution in [2.45, 2.75) is 0 Å². The van der Waals surface area contributed by atoms with Gasteiger partial charge in [0.05, 0.1) is 12.4 Å². The van der Waals surface area contributed by atoms with Gasteiger partial charge in [0.1, 0.15) is 11.8 Å². The van der Waals surface area contributed by atoms with Crippen molar-refractivity contribution in [1.82, 2.24) is 19.7 Å². The molecular weight excluding hydrogens is 194 g/mol. The lowest BCUT2D eigenvalue weighted by Gasteiger charge is -1.98. The average molecular weight is 201 g/mol. The largest absolute Gasteiger partial charge is 0.421 e. The summed E-state index contributed by atoms with van der Waals surface area (Å²) in [6.07, 6.45) is 4.70. The predicted octanol–water partition coefficient (Wildman–Crippen LogP) is 0.874. The molecule has 2 aromatic heterocycles. The zero-order valence-corrected chi connectivity index (χ0v) is 7.95. The van der Waals surface area contributed by atoms with Crippen LogP contribution in [-0.2, 0) is 7.05 Å². The van der Waals surface area contributed by atoms with Crippen LogP contribution in [-0.4, -0.2) is 19.7 Å². The molecule has 0 spiro atoms. The maximum atomic E-state index is 8.62. The molecule has 2 heterocycles. The highest BCUT2D eigenvalue weighted by molar-refractivity contribution is 5.22. The number of nitriles is 1. The topological polar surface area (TPSA) is 76.6 Å². The summed E-state index contributed by atoms with van der Waals surface area (Å²) in [6.45, 7) is 0. The van der Waals surface area contributed by atoms with Gasteiger partial charge in [-0.25, -0.2) is 4.98 Å². The summed E-state index contributed by atoms with van der Waals surface area (Å²) in [5.74, 6) is 0.535. The van der Waals surface area contributed by atoms with E-state index in [9.17, 15) is 0 Å². The minimum absolute atomic E-state index is 0.141. The van der Waals surface area contributed by atoms with Crippen LogP contribution in [0.5, 0.6) is 11.8 Å². The summed E-state index contributed by atoms with van der Waals surface area (Å²) in [7, 11) is 1.78. The number of aromatic nitrogens is 4. The zero-order chi connectivity index (χ0) is 10.7. The van der Waals surface area contributed by atoms with Crippen molar-refractivity contribution >= 4 is 0 Å². The van der Waals surface area contributed by atoms with Crippen LogP contribution in [0, 0.1) is 11.3 Å². The second-order valence-electron chi connectivity index (χ2n) is 2.79. The molecule has 0 N–H and O–H groups in total. The number of hydrogen-bond acceptors (Lipinski definition) is 5. The van der Waals surface area contributed by atoms with Gasteiger partial charge in [0.15, 0.2) is 5.75 Å². The van der Waals surface area contributed by atoms with E-state index in [-0.39, 0.29) is 11.7 Å². The van der Waals surface area contributed by atoms with Crippen molar-refractivity contribution < 1.29 is 4.74 Å². The lowest BCUT2D eigenvalue weighted by atomic mass is 10.4. The number of rotatable bonds is 2. The summed E-state index contributed by atoms with van der Waals surface area (Å²) < 4.78 is 6.89. The Morgan fingerprint density at radius 2 is 2.40 bits per heavy atom. The minimum atomic E-state index is 0.141. The third-order valence-corrected chi connectivity index (χ3v) is 1.64. The van der Waals surface area contributed by atoms with Crippen LogP contribution in [0.25, 0.3) is 0 Å². The monoisotopic (exact) mass is 201 g/mol. The first kappa shape index (κ1) is 9.15. The summed E-state index contributed by atoms with van der Waals surface area (Å²) in [5, 5.41) is 12.5. The van der Waals surface area contributed by atoms with E-state index in [2.05, 4.69) is 15.1 Å². The molecule has 0 bridgehead atoms. The molecule has 0 aliphatic heterocycles. The quantitative estimate of drug-likeness (QED) is 0.720. The fourth-order valence-electron chi connectivity index (χ4n) is 1.01. The van der Waals surface area contributed by atoms with Crippen LogP contribution in [0.4, 0.5) is 0 Å². The van der Waals surface area contributed by atoms with Gasteiger partial charge < -0.3 is 4.74 Å². The molecule has 0 saturated carbocycles. The van der Waals surface area contributed by atoms with E-state index in [1.807, 2.05) is 6.07 Å². The van der Waals surface area contributed by atoms with Gasteiger partial charge in [-0.15, -0.1) is 0 Å². The molecule has 0 fully saturated rings. The molecule has 6 heteroatoms. The number of aryl methyl sites for hydroxylation is 1. The van der Waals surface area contributed by atoms with E-state index in [0.717, 1.165) is 0 Å². The smallest absolute Gasteiger partial charge is 0.323 e. The second kappa shape index (κ2) is 3.75. The third kappa shape index (κ3) is 2.08. The molecule has 0 saturated heterocycles. The Bertz CT molecular complexity index is 513. The van der Waals surface area contributed by atoms with Gasteiger partial charge in [0.2, 0.25) is 0 Å². The molecule has 0 radical (unpaired) electrons. The molecule has 15 heavy (non-hydrogen) atoms. The Morgan fingerprint density at radius 1 is 1.53 bits per heavy atom. The van der Waals surface area contributed by atoms with Crippen LogP contribution < -0.4 is 4.74 Å². The van der Waals surface area contributed by atoms with Gasteiger partial charge in [-0.3, -0.25) is 4.68 Å². The molecule has 0 aliphatic rings. The first-order valence-corrected chi connectivity index (χ1v) is 4.17. The molecule has 0 aliphatic carbocycles. The lowest BCUT2D eigenvalue weighted by Crippen LogP contribution is -1.92. The zero-order valence-electron chi connectivity index (χ0n) is 7.95. The van der Waals surface area contributed by atoms with E-state index < -0.39 is 0 Å². The Kier molecular flexibility index (Phi) is 2.29. The number of nitrogens with zero attached hydrogens (tertiary/aromatic N) is 5. The standard InChI is InChI=1S/C9H7N5O/c1-14-6-8(5-12-14)15-9-11-3-2-7(4-10)13-9/h2-3,5-6H,1H3. The van der Waals surface area contributed by atoms with Crippen LogP contribution >= 0.6 is 0 Å². The van der Waals surface area contributed by atoms with Crippen LogP contribution in [0.15, 0.2) is 24.7 Å². The van der Waals surface area contributed by atoms with Gasteiger partial charge >= 0.3 is 6.01 Å². The number of ether oxygens (including phenoxy) is 1. The SMILES string of the molecule is Cn1cc(Oc2nccc(C#N)n2)cn1. The summed E-state index contributed by atoms with van der Waals surface area (Å²) in [6, 6.07) is 3.56. The van der Waals surface area contributed by atoms with E-state index in [4.69, 9.17) is 10.00 Å².